The number of alkyl halides is 3. The van der Waals surface area contributed by atoms with Gasteiger partial charge in [-0.05, 0) is 37.0 Å². The molecular formula is C15H19F3O2. The molecule has 112 valence electrons. The van der Waals surface area contributed by atoms with Gasteiger partial charge in [-0.3, -0.25) is 0 Å². The van der Waals surface area contributed by atoms with Crippen molar-refractivity contribution < 1.29 is 23.0 Å². The average Bonchev–Trinajstić information content (AvgIpc) is 2.86. The molecule has 0 radical (unpaired) electrons. The maximum absolute atomic E-state index is 12.2. The minimum Gasteiger partial charge on any atom is -0.406 e. The van der Waals surface area contributed by atoms with Crippen molar-refractivity contribution in [2.45, 2.75) is 51.5 Å². The van der Waals surface area contributed by atoms with Crippen LogP contribution in [0.4, 0.5) is 13.2 Å². The van der Waals surface area contributed by atoms with E-state index in [4.69, 9.17) is 0 Å². The van der Waals surface area contributed by atoms with Crippen LogP contribution in [-0.4, -0.2) is 11.5 Å². The van der Waals surface area contributed by atoms with E-state index in [0.29, 0.717) is 5.56 Å². The van der Waals surface area contributed by atoms with Crippen molar-refractivity contribution in [2.24, 2.45) is 5.41 Å². The zero-order valence-corrected chi connectivity index (χ0v) is 11.4. The second-order valence-corrected chi connectivity index (χ2v) is 5.45. The lowest BCUT2D eigenvalue weighted by Gasteiger charge is -2.33. The molecule has 0 heterocycles. The van der Waals surface area contributed by atoms with E-state index in [1.54, 1.807) is 6.07 Å². The summed E-state index contributed by atoms with van der Waals surface area (Å²) in [7, 11) is 0. The van der Waals surface area contributed by atoms with Crippen LogP contribution < -0.4 is 4.74 Å². The standard InChI is InChI=1S/C15H19F3O2/c1-2-14(8-3-4-9-14)13(19)11-6-5-7-12(10-11)20-15(16,17)18/h5-7,10,13,19H,2-4,8-9H2,1H3. The van der Waals surface area contributed by atoms with Gasteiger partial charge in [-0.2, -0.15) is 0 Å². The Morgan fingerprint density at radius 3 is 2.50 bits per heavy atom. The van der Waals surface area contributed by atoms with E-state index >= 15 is 0 Å². The molecule has 1 fully saturated rings. The summed E-state index contributed by atoms with van der Waals surface area (Å²) in [5, 5.41) is 10.6. The van der Waals surface area contributed by atoms with Gasteiger partial charge in [-0.25, -0.2) is 0 Å². The van der Waals surface area contributed by atoms with Crippen molar-refractivity contribution in [1.29, 1.82) is 0 Å². The van der Waals surface area contributed by atoms with Crippen LogP contribution in [0.5, 0.6) is 5.75 Å². The summed E-state index contributed by atoms with van der Waals surface area (Å²) in [6, 6.07) is 5.67. The molecule has 2 nitrogen and oxygen atoms in total. The molecule has 2 rings (SSSR count). The second-order valence-electron chi connectivity index (χ2n) is 5.45. The summed E-state index contributed by atoms with van der Waals surface area (Å²) in [6.07, 6.45) is -0.693. The zero-order chi connectivity index (χ0) is 14.8. The van der Waals surface area contributed by atoms with E-state index in [1.807, 2.05) is 6.92 Å². The highest BCUT2D eigenvalue weighted by Crippen LogP contribution is 2.50. The molecule has 1 atom stereocenters. The molecular weight excluding hydrogens is 269 g/mol. The Bertz CT molecular complexity index is 451. The molecule has 0 saturated heterocycles. The SMILES string of the molecule is CCC1(C(O)c2cccc(OC(F)(F)F)c2)CCCC1. The van der Waals surface area contributed by atoms with Crippen LogP contribution in [0.2, 0.25) is 0 Å². The predicted molar refractivity (Wildman–Crippen MR) is 69.3 cm³/mol. The Balaban J connectivity index is 2.22. The maximum atomic E-state index is 12.2. The van der Waals surface area contributed by atoms with Crippen LogP contribution in [0.1, 0.15) is 50.7 Å². The van der Waals surface area contributed by atoms with E-state index in [2.05, 4.69) is 4.74 Å². The molecule has 1 unspecified atom stereocenters. The smallest absolute Gasteiger partial charge is 0.406 e. The van der Waals surface area contributed by atoms with Crippen molar-refractivity contribution >= 4 is 0 Å². The third-order valence-corrected chi connectivity index (χ3v) is 4.29. The number of aliphatic hydroxyl groups excluding tert-OH is 1. The van der Waals surface area contributed by atoms with Gasteiger partial charge in [0.2, 0.25) is 0 Å². The molecule has 0 bridgehead atoms. The Morgan fingerprint density at radius 1 is 1.30 bits per heavy atom. The second kappa shape index (κ2) is 5.64. The number of aliphatic hydroxyl groups is 1. The Kier molecular flexibility index (Phi) is 4.28. The molecule has 5 heteroatoms. The highest BCUT2D eigenvalue weighted by Gasteiger charge is 2.40. The third-order valence-electron chi connectivity index (χ3n) is 4.29. The first-order valence-corrected chi connectivity index (χ1v) is 6.90. The summed E-state index contributed by atoms with van der Waals surface area (Å²) >= 11 is 0. The highest BCUT2D eigenvalue weighted by molar-refractivity contribution is 5.31. The molecule has 0 amide bonds. The van der Waals surface area contributed by atoms with Gasteiger partial charge in [0.1, 0.15) is 5.75 Å². The summed E-state index contributed by atoms with van der Waals surface area (Å²) in [6.45, 7) is 2.02. The lowest BCUT2D eigenvalue weighted by Crippen LogP contribution is -2.25. The molecule has 1 aliphatic carbocycles. The van der Waals surface area contributed by atoms with Gasteiger partial charge in [0.05, 0.1) is 6.10 Å². The van der Waals surface area contributed by atoms with Gasteiger partial charge in [0.15, 0.2) is 0 Å². The first-order valence-electron chi connectivity index (χ1n) is 6.90. The van der Waals surface area contributed by atoms with Gasteiger partial charge in [0.25, 0.3) is 0 Å². The van der Waals surface area contributed by atoms with Crippen LogP contribution in [0.3, 0.4) is 0 Å². The fraction of sp³-hybridized carbons (Fsp3) is 0.600. The summed E-state index contributed by atoms with van der Waals surface area (Å²) in [5.74, 6) is -0.279. The van der Waals surface area contributed by atoms with Gasteiger partial charge < -0.3 is 9.84 Å². The normalized spacial score (nSPS) is 19.9. The molecule has 1 aromatic rings. The topological polar surface area (TPSA) is 29.5 Å². The number of halogens is 3. The van der Waals surface area contributed by atoms with Crippen LogP contribution >= 0.6 is 0 Å². The number of hydrogen-bond donors (Lipinski definition) is 1. The van der Waals surface area contributed by atoms with E-state index in [0.717, 1.165) is 32.1 Å². The minimum atomic E-state index is -4.71. The quantitative estimate of drug-likeness (QED) is 0.878. The van der Waals surface area contributed by atoms with Crippen molar-refractivity contribution in [2.75, 3.05) is 0 Å². The Morgan fingerprint density at radius 2 is 1.95 bits per heavy atom. The van der Waals surface area contributed by atoms with Crippen LogP contribution in [0.25, 0.3) is 0 Å². The Hall–Kier alpha value is -1.23. The molecule has 1 saturated carbocycles. The third kappa shape index (κ3) is 3.26. The lowest BCUT2D eigenvalue weighted by atomic mass is 9.75. The van der Waals surface area contributed by atoms with E-state index in [-0.39, 0.29) is 11.2 Å². The number of benzene rings is 1. The fourth-order valence-electron chi connectivity index (χ4n) is 3.13. The summed E-state index contributed by atoms with van der Waals surface area (Å²) in [5.41, 5.74) is 0.284. The first kappa shape index (κ1) is 15.2. The average molecular weight is 288 g/mol. The fourth-order valence-corrected chi connectivity index (χ4v) is 3.13. The highest BCUT2D eigenvalue weighted by atomic mass is 19.4. The molecule has 1 aromatic carbocycles. The van der Waals surface area contributed by atoms with E-state index in [1.165, 1.54) is 18.2 Å². The molecule has 1 N–H and O–H groups in total. The van der Waals surface area contributed by atoms with Gasteiger partial charge in [0, 0.05) is 5.41 Å². The van der Waals surface area contributed by atoms with Gasteiger partial charge >= 0.3 is 6.36 Å². The van der Waals surface area contributed by atoms with Gasteiger partial charge in [-0.1, -0.05) is 31.9 Å². The minimum absolute atomic E-state index is 0.211. The zero-order valence-electron chi connectivity index (χ0n) is 11.4. The number of ether oxygens (including phenoxy) is 1. The van der Waals surface area contributed by atoms with Crippen molar-refractivity contribution in [3.63, 3.8) is 0 Å². The van der Waals surface area contributed by atoms with Crippen molar-refractivity contribution in [1.82, 2.24) is 0 Å². The molecule has 1 aliphatic rings. The summed E-state index contributed by atoms with van der Waals surface area (Å²) < 4.78 is 40.6. The number of hydrogen-bond acceptors (Lipinski definition) is 2. The molecule has 0 aromatic heterocycles. The van der Waals surface area contributed by atoms with Crippen molar-refractivity contribution in [3.8, 4) is 5.75 Å². The van der Waals surface area contributed by atoms with Gasteiger partial charge in [-0.15, -0.1) is 13.2 Å². The van der Waals surface area contributed by atoms with Crippen molar-refractivity contribution in [3.05, 3.63) is 29.8 Å². The summed E-state index contributed by atoms with van der Waals surface area (Å²) in [4.78, 5) is 0. The molecule has 0 aliphatic heterocycles. The monoisotopic (exact) mass is 288 g/mol. The van der Waals surface area contributed by atoms with Crippen LogP contribution in [-0.2, 0) is 0 Å². The number of rotatable bonds is 4. The predicted octanol–water partition coefficient (Wildman–Crippen LogP) is 4.59. The van der Waals surface area contributed by atoms with E-state index in [9.17, 15) is 18.3 Å². The first-order chi connectivity index (χ1) is 9.36. The lowest BCUT2D eigenvalue weighted by molar-refractivity contribution is -0.274. The van der Waals surface area contributed by atoms with E-state index < -0.39 is 12.5 Å². The maximum Gasteiger partial charge on any atom is 0.573 e. The largest absolute Gasteiger partial charge is 0.573 e. The van der Waals surface area contributed by atoms with Crippen LogP contribution in [0.15, 0.2) is 24.3 Å². The Labute approximate surface area is 116 Å². The molecule has 20 heavy (non-hydrogen) atoms. The molecule has 0 spiro atoms. The van der Waals surface area contributed by atoms with Crippen LogP contribution in [0, 0.1) is 5.41 Å².